The molecule has 0 fully saturated rings. The molecule has 41 heavy (non-hydrogen) atoms. The number of benzene rings is 2. The molecular weight excluding hydrogens is 575 g/mol. The van der Waals surface area contributed by atoms with Crippen LogP contribution in [0.2, 0.25) is 0 Å². The van der Waals surface area contributed by atoms with Crippen LogP contribution in [0.15, 0.2) is 69.7 Å². The average molecular weight is 612 g/mol. The van der Waals surface area contributed by atoms with Gasteiger partial charge in [-0.05, 0) is 79.6 Å². The minimum atomic E-state index is -0.523. The number of ether oxygens (including phenoxy) is 3. The molecule has 2 aromatic heterocycles. The molecule has 4 aromatic rings. The van der Waals surface area contributed by atoms with Gasteiger partial charge in [-0.25, -0.2) is 4.79 Å². The molecule has 0 spiro atoms. The summed E-state index contributed by atoms with van der Waals surface area (Å²) in [6.07, 6.45) is -0.483. The highest BCUT2D eigenvalue weighted by molar-refractivity contribution is 5.85. The van der Waals surface area contributed by atoms with E-state index >= 15 is 0 Å². The zero-order valence-corrected chi connectivity index (χ0v) is 24.6. The SMILES string of the molecule is CC(C)(C)OC(=O)NCCOc1cc(-c2ccc(N)cc2)on1.Cl.Cl.NCCOc1cc(-c2ccc(N)cc2)on1. The van der Waals surface area contributed by atoms with Crippen molar-refractivity contribution in [2.45, 2.75) is 26.4 Å². The van der Waals surface area contributed by atoms with Crippen LogP contribution in [0.1, 0.15) is 20.8 Å². The molecule has 2 heterocycles. The molecule has 4 rings (SSSR count). The number of hydrogen-bond acceptors (Lipinski definition) is 11. The molecule has 12 nitrogen and oxygen atoms in total. The lowest BCUT2D eigenvalue weighted by atomic mass is 10.1. The Labute approximate surface area is 250 Å². The molecule has 1 amide bonds. The molecule has 0 saturated heterocycles. The Morgan fingerprint density at radius 3 is 1.66 bits per heavy atom. The van der Waals surface area contributed by atoms with Crippen molar-refractivity contribution >= 4 is 42.3 Å². The number of carbonyl (C=O) groups excluding carboxylic acids is 1. The van der Waals surface area contributed by atoms with Crippen LogP contribution in [-0.2, 0) is 4.74 Å². The van der Waals surface area contributed by atoms with Crippen molar-refractivity contribution in [1.82, 2.24) is 15.6 Å². The number of nitrogens with zero attached hydrogens (tertiary/aromatic N) is 2. The summed E-state index contributed by atoms with van der Waals surface area (Å²) >= 11 is 0. The Balaban J connectivity index is 0.000000413. The van der Waals surface area contributed by atoms with Gasteiger partial charge in [0.2, 0.25) is 0 Å². The summed E-state index contributed by atoms with van der Waals surface area (Å²) < 4.78 is 26.1. The van der Waals surface area contributed by atoms with Gasteiger partial charge in [0.25, 0.3) is 11.8 Å². The quantitative estimate of drug-likeness (QED) is 0.148. The van der Waals surface area contributed by atoms with E-state index in [1.165, 1.54) is 0 Å². The number of nitrogens with two attached hydrogens (primary N) is 3. The van der Waals surface area contributed by atoms with E-state index in [1.54, 1.807) is 57.2 Å². The fourth-order valence-electron chi connectivity index (χ4n) is 3.01. The fraction of sp³-hybridized carbons (Fsp3) is 0.296. The lowest BCUT2D eigenvalue weighted by molar-refractivity contribution is 0.0519. The molecular formula is C27H36Cl2N6O6. The Morgan fingerprint density at radius 2 is 1.24 bits per heavy atom. The zero-order valence-electron chi connectivity index (χ0n) is 23.0. The van der Waals surface area contributed by atoms with Crippen LogP contribution in [0.3, 0.4) is 0 Å². The maximum atomic E-state index is 11.5. The van der Waals surface area contributed by atoms with Crippen molar-refractivity contribution < 1.29 is 28.1 Å². The Morgan fingerprint density at radius 1 is 0.805 bits per heavy atom. The standard InChI is InChI=1S/C16H21N3O4.C11H13N3O2.2ClH/c1-16(2,3)22-15(20)18-8-9-21-14-10-13(23-19-14)11-4-6-12(17)7-5-11;12-5-6-15-11-7-10(16-14-11)8-1-3-9(13)4-2-8;;/h4-7,10H,8-9,17H2,1-3H3,(H,18,20);1-4,7H,5-6,12-13H2;2*1H. The average Bonchev–Trinajstić information content (AvgIpc) is 3.56. The van der Waals surface area contributed by atoms with Crippen LogP contribution < -0.4 is 32.0 Å². The van der Waals surface area contributed by atoms with Crippen molar-refractivity contribution in [3.05, 3.63) is 60.7 Å². The third-order valence-corrected chi connectivity index (χ3v) is 4.76. The maximum absolute atomic E-state index is 11.5. The lowest BCUT2D eigenvalue weighted by Crippen LogP contribution is -2.34. The first-order valence-corrected chi connectivity index (χ1v) is 12.2. The number of rotatable bonds is 9. The van der Waals surface area contributed by atoms with Crippen LogP contribution in [0.25, 0.3) is 22.6 Å². The van der Waals surface area contributed by atoms with Gasteiger partial charge in [0.05, 0.1) is 6.54 Å². The molecule has 0 aliphatic heterocycles. The van der Waals surface area contributed by atoms with Crippen molar-refractivity contribution in [2.75, 3.05) is 37.8 Å². The second kappa shape index (κ2) is 16.9. The predicted molar refractivity (Wildman–Crippen MR) is 161 cm³/mol. The minimum absolute atomic E-state index is 0. The minimum Gasteiger partial charge on any atom is -0.474 e. The van der Waals surface area contributed by atoms with Crippen LogP contribution in [0.4, 0.5) is 16.2 Å². The van der Waals surface area contributed by atoms with E-state index in [-0.39, 0.29) is 31.4 Å². The molecule has 0 radical (unpaired) electrons. The first kappa shape index (κ1) is 34.9. The summed E-state index contributed by atoms with van der Waals surface area (Å²) in [7, 11) is 0. The highest BCUT2D eigenvalue weighted by atomic mass is 35.5. The summed E-state index contributed by atoms with van der Waals surface area (Å²) in [4.78, 5) is 11.5. The van der Waals surface area contributed by atoms with E-state index in [9.17, 15) is 4.79 Å². The molecule has 0 aliphatic carbocycles. The summed E-state index contributed by atoms with van der Waals surface area (Å²) in [6, 6.07) is 18.0. The van der Waals surface area contributed by atoms with E-state index < -0.39 is 11.7 Å². The Hall–Kier alpha value is -4.13. The second-order valence-electron chi connectivity index (χ2n) is 9.22. The van der Waals surface area contributed by atoms with Crippen LogP contribution in [0.5, 0.6) is 11.8 Å². The largest absolute Gasteiger partial charge is 0.474 e. The summed E-state index contributed by atoms with van der Waals surface area (Å²) in [5, 5.41) is 10.2. The number of carbonyl (C=O) groups is 1. The molecule has 7 N–H and O–H groups in total. The Kier molecular flexibility index (Phi) is 14.3. The molecule has 0 saturated carbocycles. The van der Waals surface area contributed by atoms with Gasteiger partial charge in [-0.3, -0.25) is 0 Å². The maximum Gasteiger partial charge on any atom is 0.407 e. The van der Waals surface area contributed by atoms with Crippen molar-refractivity contribution in [3.63, 3.8) is 0 Å². The summed E-state index contributed by atoms with van der Waals surface area (Å²) in [5.74, 6) is 2.02. The molecule has 0 aliphatic rings. The zero-order chi connectivity index (χ0) is 28.3. The number of amides is 1. The van der Waals surface area contributed by atoms with Gasteiger partial charge in [-0.2, -0.15) is 0 Å². The van der Waals surface area contributed by atoms with E-state index in [0.29, 0.717) is 54.4 Å². The van der Waals surface area contributed by atoms with Crippen molar-refractivity contribution in [2.24, 2.45) is 5.73 Å². The number of aromatic nitrogens is 2. The van der Waals surface area contributed by atoms with Crippen LogP contribution in [-0.4, -0.2) is 48.3 Å². The molecule has 14 heteroatoms. The number of nitrogens with one attached hydrogen (secondary N) is 1. The van der Waals surface area contributed by atoms with E-state index in [4.69, 9.17) is 40.5 Å². The first-order valence-electron chi connectivity index (χ1n) is 12.2. The predicted octanol–water partition coefficient (Wildman–Crippen LogP) is 4.93. The normalized spacial score (nSPS) is 10.2. The van der Waals surface area contributed by atoms with Gasteiger partial charge in [0.15, 0.2) is 11.5 Å². The van der Waals surface area contributed by atoms with Gasteiger partial charge < -0.3 is 45.8 Å². The summed E-state index contributed by atoms with van der Waals surface area (Å²) in [5.41, 5.74) is 19.2. The Bertz CT molecular complexity index is 1310. The van der Waals surface area contributed by atoms with Gasteiger partial charge in [-0.15, -0.1) is 24.8 Å². The molecule has 0 bridgehead atoms. The topological polar surface area (TPSA) is 187 Å². The van der Waals surface area contributed by atoms with Crippen LogP contribution in [0, 0.1) is 0 Å². The molecule has 224 valence electrons. The monoisotopic (exact) mass is 610 g/mol. The van der Waals surface area contributed by atoms with Crippen molar-refractivity contribution in [3.8, 4) is 34.4 Å². The second-order valence-corrected chi connectivity index (χ2v) is 9.22. The lowest BCUT2D eigenvalue weighted by Gasteiger charge is -2.19. The molecule has 0 unspecified atom stereocenters. The number of alkyl carbamates (subject to hydrolysis) is 1. The van der Waals surface area contributed by atoms with Gasteiger partial charge >= 0.3 is 6.09 Å². The number of nitrogen functional groups attached to an aromatic ring is 2. The van der Waals surface area contributed by atoms with E-state index in [1.807, 2.05) is 24.3 Å². The van der Waals surface area contributed by atoms with E-state index in [2.05, 4.69) is 15.6 Å². The highest BCUT2D eigenvalue weighted by Gasteiger charge is 2.15. The first-order chi connectivity index (χ1) is 18.6. The van der Waals surface area contributed by atoms with Gasteiger partial charge in [0.1, 0.15) is 18.8 Å². The number of halogens is 2. The van der Waals surface area contributed by atoms with Gasteiger partial charge in [0, 0.05) is 41.2 Å². The van der Waals surface area contributed by atoms with Crippen molar-refractivity contribution in [1.29, 1.82) is 0 Å². The smallest absolute Gasteiger partial charge is 0.407 e. The molecule has 2 aromatic carbocycles. The van der Waals surface area contributed by atoms with Crippen LogP contribution >= 0.6 is 24.8 Å². The number of anilines is 2. The van der Waals surface area contributed by atoms with Gasteiger partial charge in [-0.1, -0.05) is 0 Å². The number of hydrogen-bond donors (Lipinski definition) is 4. The van der Waals surface area contributed by atoms with E-state index in [0.717, 1.165) is 11.1 Å². The highest BCUT2D eigenvalue weighted by Crippen LogP contribution is 2.25. The third-order valence-electron chi connectivity index (χ3n) is 4.76. The summed E-state index contributed by atoms with van der Waals surface area (Å²) in [6.45, 7) is 6.84. The fourth-order valence-corrected chi connectivity index (χ4v) is 3.01. The third kappa shape index (κ3) is 12.3. The molecule has 0 atom stereocenters.